The van der Waals surface area contributed by atoms with Crippen LogP contribution in [0.25, 0.3) is 0 Å². The van der Waals surface area contributed by atoms with E-state index in [9.17, 15) is 18.0 Å². The summed E-state index contributed by atoms with van der Waals surface area (Å²) in [6.07, 6.45) is 0. The molecule has 0 heterocycles. The number of amides is 2. The van der Waals surface area contributed by atoms with Gasteiger partial charge in [-0.2, -0.15) is 0 Å². The summed E-state index contributed by atoms with van der Waals surface area (Å²) in [5, 5.41) is 6.97. The fraction of sp³-hybridized carbons (Fsp3) is 0.400. The van der Waals surface area contributed by atoms with E-state index < -0.39 is 34.0 Å². The first-order valence-corrected chi connectivity index (χ1v) is 7.63. The van der Waals surface area contributed by atoms with Gasteiger partial charge in [0, 0.05) is 23.9 Å². The zero-order chi connectivity index (χ0) is 15.4. The van der Waals surface area contributed by atoms with E-state index >= 15 is 0 Å². The van der Waals surface area contributed by atoms with Crippen molar-refractivity contribution in [2.24, 2.45) is 0 Å². The summed E-state index contributed by atoms with van der Waals surface area (Å²) in [6.45, 7) is 6.05. The van der Waals surface area contributed by atoms with E-state index in [1.54, 1.807) is 0 Å². The number of hydrogen-bond donors (Lipinski definition) is 2. The maximum Gasteiger partial charge on any atom is 0.247 e. The fourth-order valence-corrected chi connectivity index (χ4v) is 1.46. The normalized spacial score (nSPS) is 13.0. The summed E-state index contributed by atoms with van der Waals surface area (Å²) in [7, 11) is 0. The highest BCUT2D eigenvalue weighted by Gasteiger charge is 2.05. The van der Waals surface area contributed by atoms with Crippen molar-refractivity contribution in [1.29, 1.82) is 0 Å². The van der Waals surface area contributed by atoms with Gasteiger partial charge in [0.25, 0.3) is 0 Å². The van der Waals surface area contributed by atoms with Crippen LogP contribution in [-0.2, 0) is 40.1 Å². The maximum atomic E-state index is 11.2. The van der Waals surface area contributed by atoms with Crippen molar-refractivity contribution in [3.63, 3.8) is 0 Å². The van der Waals surface area contributed by atoms with Gasteiger partial charge in [-0.25, -0.2) is 8.42 Å². The lowest BCUT2D eigenvalue weighted by Gasteiger charge is -2.06. The lowest BCUT2D eigenvalue weighted by molar-refractivity contribution is -0.124. The van der Waals surface area contributed by atoms with Crippen LogP contribution >= 0.6 is 0 Å². The average Bonchev–Trinajstić information content (AvgIpc) is 2.46. The summed E-state index contributed by atoms with van der Waals surface area (Å²) in [4.78, 5) is 22.3. The molecule has 2 amide bonds. The van der Waals surface area contributed by atoms with Gasteiger partial charge in [0.05, 0.1) is 0 Å². The first kappa shape index (κ1) is 18.6. The molecule has 0 aromatic rings. The van der Waals surface area contributed by atoms with Crippen LogP contribution in [0.4, 0.5) is 0 Å². The molecule has 114 valence electrons. The van der Waals surface area contributed by atoms with Crippen molar-refractivity contribution < 1.29 is 26.4 Å². The molecule has 0 fully saturated rings. The molecule has 2 unspecified atom stereocenters. The molecule has 0 saturated carbocycles. The van der Waals surface area contributed by atoms with Crippen LogP contribution < -0.4 is 10.6 Å². The van der Waals surface area contributed by atoms with Gasteiger partial charge in [0.15, 0.2) is 22.2 Å². The molecule has 0 bridgehead atoms. The highest BCUT2D eigenvalue weighted by molar-refractivity contribution is 7.83. The molecule has 0 aromatic heterocycles. The summed E-state index contributed by atoms with van der Waals surface area (Å²) in [5.41, 5.74) is 0. The Labute approximate surface area is 121 Å². The van der Waals surface area contributed by atoms with Gasteiger partial charge in [-0.05, 0) is 0 Å². The predicted molar refractivity (Wildman–Crippen MR) is 74.6 cm³/mol. The van der Waals surface area contributed by atoms with Crippen molar-refractivity contribution in [2.45, 2.75) is 0 Å². The van der Waals surface area contributed by atoms with E-state index in [1.165, 1.54) is 0 Å². The zero-order valence-corrected chi connectivity index (χ0v) is 12.3. The summed E-state index contributed by atoms with van der Waals surface area (Å²) in [5.74, 6) is -0.947. The van der Waals surface area contributed by atoms with Gasteiger partial charge < -0.3 is 10.6 Å². The topological polar surface area (TPSA) is 111 Å². The first-order valence-electron chi connectivity index (χ1n) is 5.35. The van der Waals surface area contributed by atoms with Gasteiger partial charge in [-0.1, -0.05) is 13.2 Å². The molecule has 0 aliphatic rings. The number of carbonyl (C=O) groups excluding carboxylic acids is 2. The Hall–Kier alpha value is -1.36. The molecule has 0 aromatic carbocycles. The fourth-order valence-electron chi connectivity index (χ4n) is 0.825. The Bertz CT molecular complexity index is 375. The molecule has 2 atom stereocenters. The van der Waals surface area contributed by atoms with Crippen LogP contribution in [0.1, 0.15) is 0 Å². The van der Waals surface area contributed by atoms with Crippen LogP contribution in [0.5, 0.6) is 0 Å². The quantitative estimate of drug-likeness (QED) is 0.465. The van der Waals surface area contributed by atoms with E-state index in [4.69, 9.17) is 0 Å². The van der Waals surface area contributed by atoms with E-state index in [1.807, 2.05) is 0 Å². The molecule has 0 aliphatic heterocycles. The lowest BCUT2D eigenvalue weighted by Crippen LogP contribution is -2.37. The summed E-state index contributed by atoms with van der Waals surface area (Å²) >= 11 is -3.38. The second kappa shape index (κ2) is 11.5. The van der Waals surface area contributed by atoms with Crippen molar-refractivity contribution in [2.75, 3.05) is 26.3 Å². The van der Waals surface area contributed by atoms with Crippen LogP contribution in [0.15, 0.2) is 24.0 Å². The number of nitrogens with one attached hydrogen (secondary N) is 2. The number of hydrogen-bond acceptors (Lipinski definition) is 6. The third-order valence-electron chi connectivity index (χ3n) is 1.65. The Morgan fingerprint density at radius 1 is 0.900 bits per heavy atom. The SMILES string of the molecule is C=CS(=O)OCC(=O)NCCNC(=O)COS(=O)C=C. The van der Waals surface area contributed by atoms with Crippen LogP contribution in [-0.4, -0.2) is 46.5 Å². The smallest absolute Gasteiger partial charge is 0.247 e. The monoisotopic (exact) mass is 324 g/mol. The molecule has 0 rings (SSSR count). The highest BCUT2D eigenvalue weighted by atomic mass is 32.2. The molecule has 0 spiro atoms. The van der Waals surface area contributed by atoms with Crippen LogP contribution in [0, 0.1) is 0 Å². The number of carbonyl (C=O) groups is 2. The Kier molecular flexibility index (Phi) is 10.7. The Morgan fingerprint density at radius 2 is 1.25 bits per heavy atom. The van der Waals surface area contributed by atoms with E-state index in [0.29, 0.717) is 0 Å². The molecule has 2 N–H and O–H groups in total. The average molecular weight is 324 g/mol. The van der Waals surface area contributed by atoms with Crippen LogP contribution in [0.2, 0.25) is 0 Å². The van der Waals surface area contributed by atoms with E-state index in [2.05, 4.69) is 32.2 Å². The van der Waals surface area contributed by atoms with Crippen molar-refractivity contribution >= 4 is 34.0 Å². The minimum atomic E-state index is -1.69. The molecular weight excluding hydrogens is 308 g/mol. The first-order chi connectivity index (χ1) is 9.49. The standard InChI is InChI=1S/C10H16N2O6S2/c1-3-19(15)17-7-9(13)11-5-6-12-10(14)8-18-20(16)4-2/h3-4H,1-2,5-8H2,(H,11,13)(H,12,14). The van der Waals surface area contributed by atoms with Gasteiger partial charge in [-0.15, -0.1) is 0 Å². The maximum absolute atomic E-state index is 11.2. The third kappa shape index (κ3) is 10.6. The minimum absolute atomic E-state index is 0.166. The molecule has 0 aliphatic carbocycles. The third-order valence-corrected chi connectivity index (χ3v) is 2.90. The molecule has 0 radical (unpaired) electrons. The Balaban J connectivity index is 3.60. The van der Waals surface area contributed by atoms with Gasteiger partial charge >= 0.3 is 0 Å². The van der Waals surface area contributed by atoms with Crippen molar-refractivity contribution in [3.8, 4) is 0 Å². The van der Waals surface area contributed by atoms with Gasteiger partial charge in [-0.3, -0.25) is 18.0 Å². The lowest BCUT2D eigenvalue weighted by atomic mass is 10.5. The molecule has 8 nitrogen and oxygen atoms in total. The minimum Gasteiger partial charge on any atom is -0.352 e. The number of rotatable bonds is 11. The summed E-state index contributed by atoms with van der Waals surface area (Å²) < 4.78 is 30.8. The highest BCUT2D eigenvalue weighted by Crippen LogP contribution is 1.86. The van der Waals surface area contributed by atoms with Crippen molar-refractivity contribution in [1.82, 2.24) is 10.6 Å². The largest absolute Gasteiger partial charge is 0.352 e. The van der Waals surface area contributed by atoms with Crippen molar-refractivity contribution in [3.05, 3.63) is 24.0 Å². The molecule has 0 saturated heterocycles. The second-order valence-corrected chi connectivity index (χ2v) is 5.26. The van der Waals surface area contributed by atoms with Gasteiger partial charge in [0.2, 0.25) is 11.8 Å². The van der Waals surface area contributed by atoms with Gasteiger partial charge in [0.1, 0.15) is 13.2 Å². The Morgan fingerprint density at radius 3 is 1.55 bits per heavy atom. The van der Waals surface area contributed by atoms with E-state index in [0.717, 1.165) is 10.8 Å². The summed E-state index contributed by atoms with van der Waals surface area (Å²) in [6, 6.07) is 0. The molecule has 20 heavy (non-hydrogen) atoms. The predicted octanol–water partition coefficient (Wildman–Crippen LogP) is -1.13. The van der Waals surface area contributed by atoms with Crippen LogP contribution in [0.3, 0.4) is 0 Å². The zero-order valence-electron chi connectivity index (χ0n) is 10.7. The second-order valence-electron chi connectivity index (χ2n) is 3.08. The molecule has 10 heteroatoms. The molecular formula is C10H16N2O6S2. The van der Waals surface area contributed by atoms with E-state index in [-0.39, 0.29) is 26.3 Å².